The number of ketones is 1. The predicted molar refractivity (Wildman–Crippen MR) is 138 cm³/mol. The average molecular weight is 513 g/mol. The van der Waals surface area contributed by atoms with Crippen molar-refractivity contribution in [2.24, 2.45) is 0 Å². The standard InChI is InChI=1S/C30H24O8/c1-33-24-11-16(12-25(34-2)30(24)35-3)10-23-28(32)19-8-9-22-27(29(19)38-23)20(14-26(31)37-22)18-13-17-6-4-5-7-21(17)36-15-18/h4-13,20H,14-15H2,1-3H3. The summed E-state index contributed by atoms with van der Waals surface area (Å²) in [6, 6.07) is 14.5. The van der Waals surface area contributed by atoms with E-state index >= 15 is 0 Å². The number of esters is 1. The van der Waals surface area contributed by atoms with E-state index in [1.54, 1.807) is 30.3 Å². The van der Waals surface area contributed by atoms with E-state index in [1.165, 1.54) is 21.3 Å². The molecule has 3 aliphatic heterocycles. The Bertz CT molecular complexity index is 1520. The largest absolute Gasteiger partial charge is 0.493 e. The molecule has 3 aliphatic rings. The molecule has 3 aromatic carbocycles. The van der Waals surface area contributed by atoms with Gasteiger partial charge in [-0.2, -0.15) is 0 Å². The molecule has 6 rings (SSSR count). The molecular formula is C30H24O8. The minimum atomic E-state index is -0.358. The fourth-order valence-corrected chi connectivity index (χ4v) is 5.09. The summed E-state index contributed by atoms with van der Waals surface area (Å²) < 4.78 is 34.0. The minimum Gasteiger partial charge on any atom is -0.493 e. The number of para-hydroxylation sites is 1. The van der Waals surface area contributed by atoms with Gasteiger partial charge in [0.2, 0.25) is 11.5 Å². The number of benzene rings is 3. The Morgan fingerprint density at radius 3 is 2.39 bits per heavy atom. The van der Waals surface area contributed by atoms with Crippen molar-refractivity contribution in [2.45, 2.75) is 12.3 Å². The van der Waals surface area contributed by atoms with E-state index in [2.05, 4.69) is 0 Å². The van der Waals surface area contributed by atoms with Gasteiger partial charge in [0, 0.05) is 17.0 Å². The van der Waals surface area contributed by atoms with Gasteiger partial charge in [0.25, 0.3) is 0 Å². The highest BCUT2D eigenvalue weighted by Gasteiger charge is 2.39. The van der Waals surface area contributed by atoms with E-state index in [1.807, 2.05) is 30.3 Å². The Balaban J connectivity index is 1.42. The number of hydrogen-bond donors (Lipinski definition) is 0. The summed E-state index contributed by atoms with van der Waals surface area (Å²) in [5.74, 6) is 2.07. The monoisotopic (exact) mass is 512 g/mol. The summed E-state index contributed by atoms with van der Waals surface area (Å²) in [7, 11) is 4.57. The molecule has 38 heavy (non-hydrogen) atoms. The second-order valence-electron chi connectivity index (χ2n) is 9.03. The number of hydrogen-bond acceptors (Lipinski definition) is 8. The zero-order valence-corrected chi connectivity index (χ0v) is 21.0. The summed E-state index contributed by atoms with van der Waals surface area (Å²) in [6.45, 7) is 0.320. The van der Waals surface area contributed by atoms with Gasteiger partial charge >= 0.3 is 5.97 Å². The van der Waals surface area contributed by atoms with Gasteiger partial charge in [0.15, 0.2) is 17.3 Å². The molecule has 0 bridgehead atoms. The lowest BCUT2D eigenvalue weighted by molar-refractivity contribution is -0.135. The van der Waals surface area contributed by atoms with Gasteiger partial charge in [0.1, 0.15) is 23.9 Å². The van der Waals surface area contributed by atoms with Crippen molar-refractivity contribution in [1.29, 1.82) is 0 Å². The number of rotatable bonds is 5. The molecule has 3 aromatic rings. The smallest absolute Gasteiger partial charge is 0.312 e. The molecule has 0 saturated carbocycles. The third kappa shape index (κ3) is 3.85. The Kier molecular flexibility index (Phi) is 5.79. The molecule has 8 heteroatoms. The van der Waals surface area contributed by atoms with Crippen molar-refractivity contribution in [1.82, 2.24) is 0 Å². The summed E-state index contributed by atoms with van der Waals surface area (Å²) in [5.41, 5.74) is 3.54. The number of methoxy groups -OCH3 is 3. The SMILES string of the molecule is COc1cc(C=C2Oc3c(ccc4c3C(C3=Cc5ccccc5OC3)CC(=O)O4)C2=O)cc(OC)c1OC. The number of carbonyl (C=O) groups is 2. The van der Waals surface area contributed by atoms with E-state index < -0.39 is 0 Å². The summed E-state index contributed by atoms with van der Waals surface area (Å²) in [4.78, 5) is 25.9. The maximum Gasteiger partial charge on any atom is 0.312 e. The molecule has 0 radical (unpaired) electrons. The van der Waals surface area contributed by atoms with Crippen LogP contribution in [0.2, 0.25) is 0 Å². The molecule has 1 atom stereocenters. The van der Waals surface area contributed by atoms with Gasteiger partial charge in [-0.25, -0.2) is 0 Å². The van der Waals surface area contributed by atoms with E-state index in [4.69, 9.17) is 28.4 Å². The molecule has 0 spiro atoms. The van der Waals surface area contributed by atoms with Gasteiger partial charge in [-0.3, -0.25) is 9.59 Å². The van der Waals surface area contributed by atoms with Crippen LogP contribution in [0.1, 0.15) is 39.4 Å². The maximum atomic E-state index is 13.4. The van der Waals surface area contributed by atoms with Crippen LogP contribution in [0.5, 0.6) is 34.5 Å². The summed E-state index contributed by atoms with van der Waals surface area (Å²) >= 11 is 0. The van der Waals surface area contributed by atoms with Crippen LogP contribution in [0.3, 0.4) is 0 Å². The molecule has 8 nitrogen and oxygen atoms in total. The molecule has 0 aliphatic carbocycles. The average Bonchev–Trinajstić information content (AvgIpc) is 3.26. The second kappa shape index (κ2) is 9.30. The minimum absolute atomic E-state index is 0.115. The van der Waals surface area contributed by atoms with Crippen LogP contribution in [0.25, 0.3) is 12.2 Å². The summed E-state index contributed by atoms with van der Waals surface area (Å²) in [6.07, 6.45) is 3.78. The molecule has 0 N–H and O–H groups in total. The Hall–Kier alpha value is -4.72. The Morgan fingerprint density at radius 2 is 1.66 bits per heavy atom. The fourth-order valence-electron chi connectivity index (χ4n) is 5.09. The van der Waals surface area contributed by atoms with Crippen molar-refractivity contribution in [3.8, 4) is 34.5 Å². The predicted octanol–water partition coefficient (Wildman–Crippen LogP) is 5.20. The normalized spacial score (nSPS) is 18.3. The van der Waals surface area contributed by atoms with Gasteiger partial charge < -0.3 is 28.4 Å². The first-order valence-electron chi connectivity index (χ1n) is 12.0. The van der Waals surface area contributed by atoms with E-state index in [9.17, 15) is 9.59 Å². The Morgan fingerprint density at radius 1 is 0.895 bits per heavy atom. The highest BCUT2D eigenvalue weighted by atomic mass is 16.5. The first-order valence-corrected chi connectivity index (χ1v) is 12.0. The number of allylic oxidation sites excluding steroid dienone is 1. The highest BCUT2D eigenvalue weighted by Crippen LogP contribution is 2.50. The van der Waals surface area contributed by atoms with Crippen LogP contribution in [0, 0.1) is 0 Å². The van der Waals surface area contributed by atoms with Crippen LogP contribution in [0.15, 0.2) is 59.9 Å². The first kappa shape index (κ1) is 23.7. The number of fused-ring (bicyclic) bond motifs is 4. The lowest BCUT2D eigenvalue weighted by Gasteiger charge is -2.30. The van der Waals surface area contributed by atoms with Crippen molar-refractivity contribution in [2.75, 3.05) is 27.9 Å². The van der Waals surface area contributed by atoms with Gasteiger partial charge in [-0.15, -0.1) is 0 Å². The molecular weight excluding hydrogens is 488 g/mol. The van der Waals surface area contributed by atoms with Gasteiger partial charge in [-0.05, 0) is 53.6 Å². The topological polar surface area (TPSA) is 89.5 Å². The first-order chi connectivity index (χ1) is 18.5. The van der Waals surface area contributed by atoms with Crippen molar-refractivity contribution in [3.63, 3.8) is 0 Å². The zero-order valence-electron chi connectivity index (χ0n) is 21.0. The maximum absolute atomic E-state index is 13.4. The van der Waals surface area contributed by atoms with Crippen LogP contribution >= 0.6 is 0 Å². The van der Waals surface area contributed by atoms with Crippen LogP contribution in [0.4, 0.5) is 0 Å². The lowest BCUT2D eigenvalue weighted by Crippen LogP contribution is -2.24. The summed E-state index contributed by atoms with van der Waals surface area (Å²) in [5, 5.41) is 0. The molecule has 0 amide bonds. The quantitative estimate of drug-likeness (QED) is 0.262. The Labute approximate surface area is 219 Å². The van der Waals surface area contributed by atoms with E-state index in [-0.39, 0.29) is 29.9 Å². The number of carbonyl (C=O) groups excluding carboxylic acids is 2. The zero-order chi connectivity index (χ0) is 26.4. The number of ether oxygens (including phenoxy) is 6. The van der Waals surface area contributed by atoms with Crippen LogP contribution in [-0.4, -0.2) is 39.7 Å². The van der Waals surface area contributed by atoms with E-state index in [0.717, 1.165) is 16.9 Å². The molecule has 0 fully saturated rings. The third-order valence-corrected chi connectivity index (χ3v) is 6.87. The van der Waals surface area contributed by atoms with Crippen molar-refractivity contribution in [3.05, 3.63) is 82.1 Å². The van der Waals surface area contributed by atoms with Crippen molar-refractivity contribution >= 4 is 23.9 Å². The molecule has 0 saturated heterocycles. The highest BCUT2D eigenvalue weighted by molar-refractivity contribution is 6.15. The van der Waals surface area contributed by atoms with Crippen LogP contribution in [-0.2, 0) is 4.79 Å². The van der Waals surface area contributed by atoms with Gasteiger partial charge in [0.05, 0.1) is 33.3 Å². The number of Topliss-reactive ketones (excluding diaryl/α,β-unsaturated/α-hetero) is 1. The second-order valence-corrected chi connectivity index (χ2v) is 9.03. The third-order valence-electron chi connectivity index (χ3n) is 6.87. The van der Waals surface area contributed by atoms with Crippen molar-refractivity contribution < 1.29 is 38.0 Å². The lowest BCUT2D eigenvalue weighted by atomic mass is 9.83. The van der Waals surface area contributed by atoms with E-state index in [0.29, 0.717) is 52.0 Å². The fraction of sp³-hybridized carbons (Fsp3) is 0.200. The van der Waals surface area contributed by atoms with Gasteiger partial charge in [-0.1, -0.05) is 18.2 Å². The molecule has 192 valence electrons. The van der Waals surface area contributed by atoms with Crippen LogP contribution < -0.4 is 28.4 Å². The molecule has 0 aromatic heterocycles. The molecule has 1 unspecified atom stereocenters. The molecule has 3 heterocycles.